The second-order valence-corrected chi connectivity index (χ2v) is 6.70. The Hall–Kier alpha value is -2.86. The second kappa shape index (κ2) is 9.90. The molecule has 0 saturated carbocycles. The molecule has 6 nitrogen and oxygen atoms in total. The van der Waals surface area contributed by atoms with E-state index in [9.17, 15) is 14.4 Å². The van der Waals surface area contributed by atoms with Crippen LogP contribution in [-0.2, 0) is 20.7 Å². The van der Waals surface area contributed by atoms with E-state index >= 15 is 0 Å². The van der Waals surface area contributed by atoms with E-state index in [1.54, 1.807) is 42.5 Å². The number of Topliss-reactive ketones (excluding diaryl/α,β-unsaturated/α-hetero) is 1. The Bertz CT molecular complexity index is 864. The molecule has 0 spiro atoms. The van der Waals surface area contributed by atoms with Gasteiger partial charge in [-0.1, -0.05) is 35.9 Å². The number of hydrogen-bond donors (Lipinski definition) is 1. The topological polar surface area (TPSA) is 81.7 Å². The molecule has 0 heterocycles. The molecule has 2 aromatic carbocycles. The number of amides is 1. The summed E-state index contributed by atoms with van der Waals surface area (Å²) in [4.78, 5) is 35.4. The molecule has 7 heteroatoms. The molecule has 1 N–H and O–H groups in total. The lowest BCUT2D eigenvalue weighted by atomic mass is 10.0. The van der Waals surface area contributed by atoms with Gasteiger partial charge in [0.05, 0.1) is 19.6 Å². The van der Waals surface area contributed by atoms with Crippen molar-refractivity contribution in [3.05, 3.63) is 64.2 Å². The zero-order valence-corrected chi connectivity index (χ0v) is 16.7. The van der Waals surface area contributed by atoms with E-state index in [0.717, 1.165) is 5.56 Å². The summed E-state index contributed by atoms with van der Waals surface area (Å²) >= 11 is 5.94. The number of methoxy groups -OCH3 is 1. The second-order valence-electron chi connectivity index (χ2n) is 6.26. The van der Waals surface area contributed by atoms with Gasteiger partial charge in [0.15, 0.2) is 12.4 Å². The molecule has 0 aliphatic rings. The fraction of sp³-hybridized carbons (Fsp3) is 0.286. The standard InChI is InChI=1S/C21H22ClNO5/c1-13(23-14(2)24)15-4-6-16(7-5-15)19(25)12-28-21(26)11-17-10-18(22)8-9-20(17)27-3/h4-10,13H,11-12H2,1-3H3,(H,23,24)/t13-/m1/s1. The molecular formula is C21H22ClNO5. The highest BCUT2D eigenvalue weighted by Crippen LogP contribution is 2.23. The average molecular weight is 404 g/mol. The van der Waals surface area contributed by atoms with Crippen molar-refractivity contribution in [1.29, 1.82) is 0 Å². The number of esters is 1. The van der Waals surface area contributed by atoms with E-state index in [1.807, 2.05) is 6.92 Å². The summed E-state index contributed by atoms with van der Waals surface area (Å²) in [6, 6.07) is 11.6. The molecule has 0 unspecified atom stereocenters. The molecule has 0 radical (unpaired) electrons. The number of nitrogens with one attached hydrogen (secondary N) is 1. The molecule has 2 aromatic rings. The number of benzene rings is 2. The summed E-state index contributed by atoms with van der Waals surface area (Å²) in [7, 11) is 1.50. The first kappa shape index (κ1) is 21.4. The van der Waals surface area contributed by atoms with Gasteiger partial charge in [-0.3, -0.25) is 14.4 Å². The molecule has 1 atom stereocenters. The van der Waals surface area contributed by atoms with Crippen LogP contribution in [0.3, 0.4) is 0 Å². The zero-order valence-electron chi connectivity index (χ0n) is 16.0. The summed E-state index contributed by atoms with van der Waals surface area (Å²) in [6.07, 6.45) is -0.0514. The van der Waals surface area contributed by atoms with E-state index in [1.165, 1.54) is 14.0 Å². The minimum atomic E-state index is -0.551. The van der Waals surface area contributed by atoms with Crippen molar-refractivity contribution in [2.24, 2.45) is 0 Å². The SMILES string of the molecule is COc1ccc(Cl)cc1CC(=O)OCC(=O)c1ccc([C@@H](C)NC(C)=O)cc1. The van der Waals surface area contributed by atoms with Crippen LogP contribution in [0.25, 0.3) is 0 Å². The fourth-order valence-electron chi connectivity index (χ4n) is 2.67. The molecule has 0 saturated heterocycles. The van der Waals surface area contributed by atoms with Crippen LogP contribution in [0, 0.1) is 0 Å². The molecule has 148 valence electrons. The summed E-state index contributed by atoms with van der Waals surface area (Å²) in [6.45, 7) is 2.94. The van der Waals surface area contributed by atoms with Gasteiger partial charge in [0.25, 0.3) is 0 Å². The van der Waals surface area contributed by atoms with Crippen LogP contribution in [0.1, 0.15) is 41.4 Å². The van der Waals surface area contributed by atoms with E-state index < -0.39 is 5.97 Å². The summed E-state index contributed by atoms with van der Waals surface area (Å²) in [5.74, 6) is -0.470. The largest absolute Gasteiger partial charge is 0.496 e. The number of carbonyl (C=O) groups is 3. The minimum Gasteiger partial charge on any atom is -0.496 e. The van der Waals surface area contributed by atoms with Crippen molar-refractivity contribution in [2.75, 3.05) is 13.7 Å². The Kier molecular flexibility index (Phi) is 7.58. The molecular weight excluding hydrogens is 382 g/mol. The maximum atomic E-state index is 12.2. The summed E-state index contributed by atoms with van der Waals surface area (Å²) in [5.41, 5.74) is 1.88. The van der Waals surface area contributed by atoms with Crippen LogP contribution in [0.15, 0.2) is 42.5 Å². The van der Waals surface area contributed by atoms with Crippen LogP contribution >= 0.6 is 11.6 Å². The van der Waals surface area contributed by atoms with E-state index in [-0.39, 0.29) is 30.8 Å². The van der Waals surface area contributed by atoms with E-state index in [4.69, 9.17) is 21.1 Å². The highest BCUT2D eigenvalue weighted by Gasteiger charge is 2.14. The van der Waals surface area contributed by atoms with Crippen LogP contribution in [0.2, 0.25) is 5.02 Å². The molecule has 0 fully saturated rings. The van der Waals surface area contributed by atoms with E-state index in [0.29, 0.717) is 21.9 Å². The highest BCUT2D eigenvalue weighted by atomic mass is 35.5. The summed E-state index contributed by atoms with van der Waals surface area (Å²) in [5, 5.41) is 3.25. The average Bonchev–Trinajstić information content (AvgIpc) is 2.66. The van der Waals surface area contributed by atoms with Gasteiger partial charge in [0.2, 0.25) is 5.91 Å². The number of hydrogen-bond acceptors (Lipinski definition) is 5. The van der Waals surface area contributed by atoms with Gasteiger partial charge >= 0.3 is 5.97 Å². The normalized spacial score (nSPS) is 11.4. The third-order valence-corrected chi connectivity index (χ3v) is 4.33. The Balaban J connectivity index is 1.92. The van der Waals surface area contributed by atoms with Gasteiger partial charge in [-0.15, -0.1) is 0 Å². The number of carbonyl (C=O) groups excluding carboxylic acids is 3. The van der Waals surface area contributed by atoms with Gasteiger partial charge in [-0.2, -0.15) is 0 Å². The van der Waals surface area contributed by atoms with E-state index in [2.05, 4.69) is 5.32 Å². The van der Waals surface area contributed by atoms with Gasteiger partial charge in [-0.05, 0) is 30.7 Å². The van der Waals surface area contributed by atoms with Crippen molar-refractivity contribution in [3.8, 4) is 5.75 Å². The Morgan fingerprint density at radius 3 is 2.39 bits per heavy atom. The van der Waals surface area contributed by atoms with Gasteiger partial charge in [-0.25, -0.2) is 0 Å². The Morgan fingerprint density at radius 2 is 1.79 bits per heavy atom. The Labute approximate surface area is 168 Å². The van der Waals surface area contributed by atoms with Crippen molar-refractivity contribution in [3.63, 3.8) is 0 Å². The monoisotopic (exact) mass is 403 g/mol. The highest BCUT2D eigenvalue weighted by molar-refractivity contribution is 6.30. The number of ketones is 1. The third-order valence-electron chi connectivity index (χ3n) is 4.09. The molecule has 0 aliphatic carbocycles. The first-order valence-corrected chi connectivity index (χ1v) is 9.06. The van der Waals surface area contributed by atoms with Crippen molar-refractivity contribution in [2.45, 2.75) is 26.3 Å². The van der Waals surface area contributed by atoms with Crippen LogP contribution in [-0.4, -0.2) is 31.4 Å². The lowest BCUT2D eigenvalue weighted by molar-refractivity contribution is -0.141. The maximum absolute atomic E-state index is 12.2. The van der Waals surface area contributed by atoms with Crippen LogP contribution in [0.4, 0.5) is 0 Å². The quantitative estimate of drug-likeness (QED) is 0.538. The number of rotatable bonds is 8. The van der Waals surface area contributed by atoms with Gasteiger partial charge in [0, 0.05) is 23.1 Å². The van der Waals surface area contributed by atoms with Crippen molar-refractivity contribution < 1.29 is 23.9 Å². The maximum Gasteiger partial charge on any atom is 0.310 e. The molecule has 28 heavy (non-hydrogen) atoms. The number of ether oxygens (including phenoxy) is 2. The van der Waals surface area contributed by atoms with Crippen molar-refractivity contribution >= 4 is 29.3 Å². The lowest BCUT2D eigenvalue weighted by Gasteiger charge is -2.13. The predicted octanol–water partition coefficient (Wildman–Crippen LogP) is 3.51. The third kappa shape index (κ3) is 6.09. The molecule has 0 aliphatic heterocycles. The van der Waals surface area contributed by atoms with Gasteiger partial charge < -0.3 is 14.8 Å². The predicted molar refractivity (Wildman–Crippen MR) is 106 cm³/mol. The molecule has 0 bridgehead atoms. The first-order valence-electron chi connectivity index (χ1n) is 8.68. The molecule has 1 amide bonds. The van der Waals surface area contributed by atoms with Crippen LogP contribution in [0.5, 0.6) is 5.75 Å². The first-order chi connectivity index (χ1) is 13.3. The minimum absolute atomic E-state index is 0.0514. The number of halogens is 1. The van der Waals surface area contributed by atoms with Crippen LogP contribution < -0.4 is 10.1 Å². The van der Waals surface area contributed by atoms with Gasteiger partial charge in [0.1, 0.15) is 5.75 Å². The molecule has 0 aromatic heterocycles. The Morgan fingerprint density at radius 1 is 1.11 bits per heavy atom. The van der Waals surface area contributed by atoms with Crippen molar-refractivity contribution in [1.82, 2.24) is 5.32 Å². The zero-order chi connectivity index (χ0) is 20.7. The summed E-state index contributed by atoms with van der Waals surface area (Å²) < 4.78 is 10.3. The lowest BCUT2D eigenvalue weighted by Crippen LogP contribution is -2.23. The fourth-order valence-corrected chi connectivity index (χ4v) is 2.86. The smallest absolute Gasteiger partial charge is 0.310 e. The molecule has 2 rings (SSSR count).